The fourth-order valence-corrected chi connectivity index (χ4v) is 4.72. The number of rotatable bonds is 8. The van der Waals surface area contributed by atoms with Crippen molar-refractivity contribution in [1.82, 2.24) is 14.3 Å². The van der Waals surface area contributed by atoms with Crippen LogP contribution in [0.4, 0.5) is 5.69 Å². The fourth-order valence-electron chi connectivity index (χ4n) is 4.72. The average Bonchev–Trinajstić information content (AvgIpc) is 3.28. The molecule has 0 aliphatic rings. The van der Waals surface area contributed by atoms with Gasteiger partial charge in [0.25, 0.3) is 5.91 Å². The van der Waals surface area contributed by atoms with Crippen molar-refractivity contribution in [1.29, 1.82) is 0 Å². The van der Waals surface area contributed by atoms with Crippen LogP contribution in [0.25, 0.3) is 10.9 Å². The Balaban J connectivity index is 1.53. The Morgan fingerprint density at radius 2 is 1.74 bits per heavy atom. The van der Waals surface area contributed by atoms with Crippen LogP contribution in [0.15, 0.2) is 48.5 Å². The molecule has 176 valence electrons. The molecular formula is C27H30N4O3. The number of nitrogens with one attached hydrogen (secondary N) is 1. The summed E-state index contributed by atoms with van der Waals surface area (Å²) >= 11 is 0. The molecule has 2 N–H and O–H groups in total. The van der Waals surface area contributed by atoms with Gasteiger partial charge in [0.15, 0.2) is 0 Å². The molecule has 0 aliphatic carbocycles. The molecule has 4 rings (SSSR count). The van der Waals surface area contributed by atoms with Gasteiger partial charge in [0.05, 0.1) is 18.7 Å². The Hall–Kier alpha value is -3.87. The van der Waals surface area contributed by atoms with Gasteiger partial charge in [0.2, 0.25) is 0 Å². The van der Waals surface area contributed by atoms with E-state index in [4.69, 9.17) is 0 Å². The third-order valence-corrected chi connectivity index (χ3v) is 6.37. The number of anilines is 1. The zero-order chi connectivity index (χ0) is 24.4. The Kier molecular flexibility index (Phi) is 6.54. The highest BCUT2D eigenvalue weighted by Crippen LogP contribution is 2.25. The van der Waals surface area contributed by atoms with Crippen LogP contribution in [0.5, 0.6) is 0 Å². The first-order valence-corrected chi connectivity index (χ1v) is 11.6. The standard InChI is InChI=1S/C27H30N4O3/c1-5-22-21(15-25(32)33)23(6-2)31(29-22)16-18-11-13-19(14-12-18)28-27(34)26-17(3)20-9-7-8-10-24(20)30(26)4/h7-14H,5-6,15-16H2,1-4H3,(H,28,34)(H,32,33). The maximum Gasteiger partial charge on any atom is 0.307 e. The normalized spacial score (nSPS) is 11.2. The van der Waals surface area contributed by atoms with Crippen LogP contribution in [0, 0.1) is 6.92 Å². The smallest absolute Gasteiger partial charge is 0.307 e. The van der Waals surface area contributed by atoms with Crippen molar-refractivity contribution in [3.8, 4) is 0 Å². The van der Waals surface area contributed by atoms with Crippen LogP contribution in [-0.2, 0) is 37.6 Å². The fraction of sp³-hybridized carbons (Fsp3) is 0.296. The van der Waals surface area contributed by atoms with Crippen molar-refractivity contribution in [3.05, 3.63) is 82.3 Å². The number of carbonyl (C=O) groups excluding carboxylic acids is 1. The summed E-state index contributed by atoms with van der Waals surface area (Å²) in [6.45, 7) is 6.53. The molecular weight excluding hydrogens is 428 g/mol. The number of carbonyl (C=O) groups is 2. The molecule has 34 heavy (non-hydrogen) atoms. The summed E-state index contributed by atoms with van der Waals surface area (Å²) in [5.74, 6) is -0.986. The van der Waals surface area contributed by atoms with E-state index < -0.39 is 5.97 Å². The predicted octanol–water partition coefficient (Wildman–Crippen LogP) is 4.74. The van der Waals surface area contributed by atoms with Crippen LogP contribution in [0.3, 0.4) is 0 Å². The highest BCUT2D eigenvalue weighted by molar-refractivity contribution is 6.08. The van der Waals surface area contributed by atoms with Crippen molar-refractivity contribution >= 4 is 28.5 Å². The first kappa shape index (κ1) is 23.3. The number of carboxylic acids is 1. The molecule has 0 unspecified atom stereocenters. The summed E-state index contributed by atoms with van der Waals surface area (Å²) in [6.07, 6.45) is 1.40. The number of aromatic nitrogens is 3. The monoisotopic (exact) mass is 458 g/mol. The van der Waals surface area contributed by atoms with E-state index in [2.05, 4.69) is 10.4 Å². The Morgan fingerprint density at radius 1 is 1.03 bits per heavy atom. The van der Waals surface area contributed by atoms with Gasteiger partial charge in [-0.3, -0.25) is 14.3 Å². The largest absolute Gasteiger partial charge is 0.481 e. The number of hydrogen-bond donors (Lipinski definition) is 2. The lowest BCUT2D eigenvalue weighted by atomic mass is 10.1. The number of fused-ring (bicyclic) bond motifs is 1. The summed E-state index contributed by atoms with van der Waals surface area (Å²) in [5.41, 5.74) is 7.01. The number of aryl methyl sites for hydroxylation is 3. The molecule has 0 spiro atoms. The van der Waals surface area contributed by atoms with Crippen molar-refractivity contribution in [3.63, 3.8) is 0 Å². The number of benzene rings is 2. The second-order valence-electron chi connectivity index (χ2n) is 8.51. The number of hydrogen-bond acceptors (Lipinski definition) is 3. The van der Waals surface area contributed by atoms with Crippen LogP contribution < -0.4 is 5.32 Å². The minimum absolute atomic E-state index is 0.00903. The maximum atomic E-state index is 13.1. The Labute approximate surface area is 199 Å². The van der Waals surface area contributed by atoms with E-state index >= 15 is 0 Å². The third-order valence-electron chi connectivity index (χ3n) is 6.37. The summed E-state index contributed by atoms with van der Waals surface area (Å²) in [5, 5.41) is 18.1. The highest BCUT2D eigenvalue weighted by Gasteiger charge is 2.19. The third kappa shape index (κ3) is 4.33. The summed E-state index contributed by atoms with van der Waals surface area (Å²) in [7, 11) is 1.91. The quantitative estimate of drug-likeness (QED) is 0.399. The van der Waals surface area contributed by atoms with Gasteiger partial charge in [0.1, 0.15) is 5.69 Å². The highest BCUT2D eigenvalue weighted by atomic mass is 16.4. The minimum Gasteiger partial charge on any atom is -0.481 e. The lowest BCUT2D eigenvalue weighted by molar-refractivity contribution is -0.136. The first-order chi connectivity index (χ1) is 16.3. The van der Waals surface area contributed by atoms with Crippen molar-refractivity contribution in [2.75, 3.05) is 5.32 Å². The SMILES string of the molecule is CCc1nn(Cc2ccc(NC(=O)c3c(C)c4ccccc4n3C)cc2)c(CC)c1CC(=O)O. The summed E-state index contributed by atoms with van der Waals surface area (Å²) in [6, 6.07) is 15.7. The van der Waals surface area contributed by atoms with Crippen molar-refractivity contribution in [2.45, 2.75) is 46.6 Å². The molecule has 2 aromatic carbocycles. The zero-order valence-electron chi connectivity index (χ0n) is 20.1. The molecule has 0 bridgehead atoms. The number of amides is 1. The molecule has 0 fully saturated rings. The molecule has 4 aromatic rings. The molecule has 0 radical (unpaired) electrons. The van der Waals surface area contributed by atoms with Crippen LogP contribution in [0.2, 0.25) is 0 Å². The van der Waals surface area contributed by atoms with E-state index in [1.807, 2.05) is 85.6 Å². The molecule has 0 aliphatic heterocycles. The topological polar surface area (TPSA) is 89.2 Å². The van der Waals surface area contributed by atoms with Gasteiger partial charge in [-0.15, -0.1) is 0 Å². The molecule has 2 aromatic heterocycles. The summed E-state index contributed by atoms with van der Waals surface area (Å²) < 4.78 is 3.84. The van der Waals surface area contributed by atoms with Crippen LogP contribution >= 0.6 is 0 Å². The second-order valence-corrected chi connectivity index (χ2v) is 8.51. The van der Waals surface area contributed by atoms with Gasteiger partial charge < -0.3 is 15.0 Å². The van der Waals surface area contributed by atoms with Gasteiger partial charge in [0, 0.05) is 34.9 Å². The van der Waals surface area contributed by atoms with Crippen molar-refractivity contribution in [2.24, 2.45) is 7.05 Å². The van der Waals surface area contributed by atoms with Crippen LogP contribution in [-0.4, -0.2) is 31.3 Å². The molecule has 0 saturated carbocycles. The van der Waals surface area contributed by atoms with E-state index in [9.17, 15) is 14.7 Å². The zero-order valence-corrected chi connectivity index (χ0v) is 20.1. The molecule has 0 atom stereocenters. The Bertz CT molecular complexity index is 1320. The second kappa shape index (κ2) is 9.55. The van der Waals surface area contributed by atoms with E-state index in [1.165, 1.54) is 0 Å². The van der Waals surface area contributed by atoms with E-state index in [0.717, 1.165) is 44.7 Å². The number of carboxylic acid groups (broad SMARTS) is 1. The van der Waals surface area contributed by atoms with E-state index in [0.29, 0.717) is 25.1 Å². The van der Waals surface area contributed by atoms with Gasteiger partial charge in [-0.2, -0.15) is 5.10 Å². The Morgan fingerprint density at radius 3 is 2.35 bits per heavy atom. The van der Waals surface area contributed by atoms with Crippen molar-refractivity contribution < 1.29 is 14.7 Å². The maximum absolute atomic E-state index is 13.1. The van der Waals surface area contributed by atoms with E-state index in [-0.39, 0.29) is 12.3 Å². The first-order valence-electron chi connectivity index (χ1n) is 11.6. The number of aliphatic carboxylic acids is 1. The predicted molar refractivity (Wildman–Crippen MR) is 133 cm³/mol. The molecule has 2 heterocycles. The molecule has 7 nitrogen and oxygen atoms in total. The summed E-state index contributed by atoms with van der Waals surface area (Å²) in [4.78, 5) is 24.4. The van der Waals surface area contributed by atoms with E-state index in [1.54, 1.807) is 0 Å². The van der Waals surface area contributed by atoms with Gasteiger partial charge in [-0.25, -0.2) is 0 Å². The number of nitrogens with zero attached hydrogens (tertiary/aromatic N) is 3. The molecule has 0 saturated heterocycles. The lowest BCUT2D eigenvalue weighted by Crippen LogP contribution is -2.16. The molecule has 7 heteroatoms. The average molecular weight is 459 g/mol. The molecule has 1 amide bonds. The number of para-hydroxylation sites is 1. The van der Waals surface area contributed by atoms with Gasteiger partial charge >= 0.3 is 5.97 Å². The van der Waals surface area contributed by atoms with Gasteiger partial charge in [-0.05, 0) is 49.1 Å². The minimum atomic E-state index is -0.842. The van der Waals surface area contributed by atoms with Gasteiger partial charge in [-0.1, -0.05) is 44.2 Å². The lowest BCUT2D eigenvalue weighted by Gasteiger charge is -2.10. The van der Waals surface area contributed by atoms with Crippen LogP contribution in [0.1, 0.15) is 52.4 Å².